The van der Waals surface area contributed by atoms with Gasteiger partial charge >= 0.3 is 0 Å². The summed E-state index contributed by atoms with van der Waals surface area (Å²) in [6, 6.07) is 0. The maximum Gasteiger partial charge on any atom is 0.123 e. The fourth-order valence-corrected chi connectivity index (χ4v) is 2.28. The Kier molecular flexibility index (Phi) is 3.69. The molecule has 0 saturated carbocycles. The van der Waals surface area contributed by atoms with Gasteiger partial charge in [0.2, 0.25) is 0 Å². The van der Waals surface area contributed by atoms with E-state index in [2.05, 4.69) is 32.2 Å². The van der Waals surface area contributed by atoms with Crippen molar-refractivity contribution in [2.24, 2.45) is 0 Å². The third kappa shape index (κ3) is 2.68. The predicted octanol–water partition coefficient (Wildman–Crippen LogP) is 1.81. The number of hydrogen-bond donors (Lipinski definition) is 1. The molecule has 4 nitrogen and oxygen atoms in total. The van der Waals surface area contributed by atoms with Crippen molar-refractivity contribution in [1.29, 1.82) is 0 Å². The van der Waals surface area contributed by atoms with E-state index in [0.717, 1.165) is 36.2 Å². The van der Waals surface area contributed by atoms with Gasteiger partial charge in [0.15, 0.2) is 0 Å². The Morgan fingerprint density at radius 1 is 1.50 bits per heavy atom. The van der Waals surface area contributed by atoms with E-state index in [1.54, 1.807) is 11.3 Å². The number of thiazole rings is 1. The maximum atomic E-state index is 4.46. The summed E-state index contributed by atoms with van der Waals surface area (Å²) < 4.78 is 2.14. The second kappa shape index (κ2) is 5.23. The molecular weight excluding hydrogens is 220 g/mol. The summed E-state index contributed by atoms with van der Waals surface area (Å²) in [6.07, 6.45) is 3.84. The molecule has 0 bridgehead atoms. The second-order valence-corrected chi connectivity index (χ2v) is 4.58. The highest BCUT2D eigenvalue weighted by atomic mass is 32.1. The van der Waals surface area contributed by atoms with Crippen LogP contribution in [0.5, 0.6) is 0 Å². The van der Waals surface area contributed by atoms with Gasteiger partial charge < -0.3 is 9.88 Å². The summed E-state index contributed by atoms with van der Waals surface area (Å²) in [7, 11) is 0. The van der Waals surface area contributed by atoms with Gasteiger partial charge in [-0.1, -0.05) is 6.92 Å². The highest BCUT2D eigenvalue weighted by Gasteiger charge is 2.05. The predicted molar refractivity (Wildman–Crippen MR) is 65.6 cm³/mol. The summed E-state index contributed by atoms with van der Waals surface area (Å²) >= 11 is 1.70. The van der Waals surface area contributed by atoms with Crippen molar-refractivity contribution in [3.63, 3.8) is 0 Å². The minimum absolute atomic E-state index is 0.813. The van der Waals surface area contributed by atoms with Crippen molar-refractivity contribution < 1.29 is 0 Å². The summed E-state index contributed by atoms with van der Waals surface area (Å²) in [4.78, 5) is 8.79. The molecule has 0 aromatic carbocycles. The molecule has 0 radical (unpaired) electrons. The van der Waals surface area contributed by atoms with Gasteiger partial charge in [0, 0.05) is 23.5 Å². The van der Waals surface area contributed by atoms with E-state index < -0.39 is 0 Å². The normalized spacial score (nSPS) is 10.9. The van der Waals surface area contributed by atoms with Crippen LogP contribution in [0, 0.1) is 6.92 Å². The first-order chi connectivity index (χ1) is 7.79. The standard InChI is InChI=1S/C11H16N4S/c1-3-12-6-10-13-4-5-15(10)7-11-14-9(2)8-16-11/h4-5,8,12H,3,6-7H2,1-2H3. The van der Waals surface area contributed by atoms with Gasteiger partial charge in [-0.05, 0) is 13.5 Å². The van der Waals surface area contributed by atoms with Gasteiger partial charge in [-0.15, -0.1) is 11.3 Å². The number of rotatable bonds is 5. The molecule has 0 saturated heterocycles. The van der Waals surface area contributed by atoms with Gasteiger partial charge in [0.1, 0.15) is 10.8 Å². The minimum atomic E-state index is 0.813. The highest BCUT2D eigenvalue weighted by Crippen LogP contribution is 2.11. The molecule has 1 N–H and O–H groups in total. The van der Waals surface area contributed by atoms with E-state index in [1.165, 1.54) is 0 Å². The molecule has 5 heteroatoms. The van der Waals surface area contributed by atoms with E-state index in [-0.39, 0.29) is 0 Å². The van der Waals surface area contributed by atoms with Crippen LogP contribution in [0.1, 0.15) is 23.4 Å². The van der Waals surface area contributed by atoms with Gasteiger partial charge in [0.05, 0.1) is 13.1 Å². The molecule has 0 unspecified atom stereocenters. The Bertz CT molecular complexity index is 446. The minimum Gasteiger partial charge on any atom is -0.327 e. The van der Waals surface area contributed by atoms with Crippen LogP contribution in [0.4, 0.5) is 0 Å². The molecule has 0 aliphatic rings. The van der Waals surface area contributed by atoms with Crippen LogP contribution in [-0.2, 0) is 13.1 Å². The summed E-state index contributed by atoms with van der Waals surface area (Å²) in [5, 5.41) is 6.49. The number of nitrogens with zero attached hydrogens (tertiary/aromatic N) is 3. The first kappa shape index (κ1) is 11.3. The molecule has 2 aromatic heterocycles. The quantitative estimate of drug-likeness (QED) is 0.861. The van der Waals surface area contributed by atoms with Crippen molar-refractivity contribution >= 4 is 11.3 Å². The SMILES string of the molecule is CCNCc1nccn1Cc1nc(C)cs1. The lowest BCUT2D eigenvalue weighted by Crippen LogP contribution is -2.16. The molecule has 0 fully saturated rings. The number of aryl methyl sites for hydroxylation is 1. The Morgan fingerprint density at radius 3 is 3.06 bits per heavy atom. The lowest BCUT2D eigenvalue weighted by molar-refractivity contribution is 0.638. The first-order valence-corrected chi connectivity index (χ1v) is 6.29. The molecule has 0 amide bonds. The van der Waals surface area contributed by atoms with Gasteiger partial charge in [-0.25, -0.2) is 9.97 Å². The Morgan fingerprint density at radius 2 is 2.38 bits per heavy atom. The number of nitrogens with one attached hydrogen (secondary N) is 1. The first-order valence-electron chi connectivity index (χ1n) is 5.41. The number of aromatic nitrogens is 3. The number of hydrogen-bond acceptors (Lipinski definition) is 4. The lowest BCUT2D eigenvalue weighted by atomic mass is 10.5. The second-order valence-electron chi connectivity index (χ2n) is 3.63. The molecule has 2 heterocycles. The van der Waals surface area contributed by atoms with Crippen molar-refractivity contribution in [3.8, 4) is 0 Å². The molecule has 2 aromatic rings. The highest BCUT2D eigenvalue weighted by molar-refractivity contribution is 7.09. The summed E-state index contributed by atoms with van der Waals surface area (Å²) in [5.41, 5.74) is 1.09. The Hall–Kier alpha value is -1.20. The van der Waals surface area contributed by atoms with Crippen LogP contribution >= 0.6 is 11.3 Å². The summed E-state index contributed by atoms with van der Waals surface area (Å²) in [5.74, 6) is 1.06. The van der Waals surface area contributed by atoms with Crippen LogP contribution in [-0.4, -0.2) is 21.1 Å². The van der Waals surface area contributed by atoms with Crippen molar-refractivity contribution in [2.75, 3.05) is 6.54 Å². The largest absolute Gasteiger partial charge is 0.327 e. The number of imidazole rings is 1. The lowest BCUT2D eigenvalue weighted by Gasteiger charge is -2.05. The van der Waals surface area contributed by atoms with Crippen LogP contribution in [0.25, 0.3) is 0 Å². The average molecular weight is 236 g/mol. The fraction of sp³-hybridized carbons (Fsp3) is 0.455. The van der Waals surface area contributed by atoms with E-state index in [1.807, 2.05) is 19.3 Å². The Labute approximate surface area is 99.4 Å². The van der Waals surface area contributed by atoms with E-state index in [9.17, 15) is 0 Å². The van der Waals surface area contributed by atoms with Crippen LogP contribution in [0.3, 0.4) is 0 Å². The van der Waals surface area contributed by atoms with Crippen LogP contribution in [0.15, 0.2) is 17.8 Å². The van der Waals surface area contributed by atoms with E-state index in [4.69, 9.17) is 0 Å². The molecular formula is C11H16N4S. The average Bonchev–Trinajstić information content (AvgIpc) is 2.86. The maximum absolute atomic E-state index is 4.46. The van der Waals surface area contributed by atoms with E-state index in [0.29, 0.717) is 0 Å². The summed E-state index contributed by atoms with van der Waals surface area (Å²) in [6.45, 7) is 6.71. The third-order valence-electron chi connectivity index (χ3n) is 2.31. The molecule has 0 atom stereocenters. The van der Waals surface area contributed by atoms with Crippen LogP contribution in [0.2, 0.25) is 0 Å². The van der Waals surface area contributed by atoms with Gasteiger partial charge in [-0.2, -0.15) is 0 Å². The molecule has 0 spiro atoms. The fourth-order valence-electron chi connectivity index (χ4n) is 1.51. The van der Waals surface area contributed by atoms with Gasteiger partial charge in [0.25, 0.3) is 0 Å². The van der Waals surface area contributed by atoms with Crippen molar-refractivity contribution in [1.82, 2.24) is 19.9 Å². The van der Waals surface area contributed by atoms with E-state index >= 15 is 0 Å². The topological polar surface area (TPSA) is 42.7 Å². The molecule has 0 aliphatic heterocycles. The molecule has 2 rings (SSSR count). The smallest absolute Gasteiger partial charge is 0.123 e. The van der Waals surface area contributed by atoms with Gasteiger partial charge in [-0.3, -0.25) is 0 Å². The zero-order chi connectivity index (χ0) is 11.4. The molecule has 86 valence electrons. The molecule has 16 heavy (non-hydrogen) atoms. The van der Waals surface area contributed by atoms with Crippen molar-refractivity contribution in [2.45, 2.75) is 26.9 Å². The zero-order valence-electron chi connectivity index (χ0n) is 9.60. The molecule has 0 aliphatic carbocycles. The zero-order valence-corrected chi connectivity index (χ0v) is 10.4. The van der Waals surface area contributed by atoms with Crippen molar-refractivity contribution in [3.05, 3.63) is 34.3 Å². The van der Waals surface area contributed by atoms with Crippen LogP contribution < -0.4 is 5.32 Å². The third-order valence-corrected chi connectivity index (χ3v) is 3.26. The monoisotopic (exact) mass is 236 g/mol. The Balaban J connectivity index is 2.06.